The van der Waals surface area contributed by atoms with Gasteiger partial charge in [0.05, 0.1) is 11.4 Å². The summed E-state index contributed by atoms with van der Waals surface area (Å²) in [7, 11) is 0. The number of benzene rings is 1. The Morgan fingerprint density at radius 2 is 1.84 bits per heavy atom. The van der Waals surface area contributed by atoms with Gasteiger partial charge in [-0.2, -0.15) is 0 Å². The van der Waals surface area contributed by atoms with Crippen molar-refractivity contribution in [2.45, 2.75) is 26.4 Å². The number of rotatable bonds is 6. The highest BCUT2D eigenvalue weighted by Crippen LogP contribution is 2.17. The van der Waals surface area contributed by atoms with E-state index in [0.29, 0.717) is 13.1 Å². The second-order valence-corrected chi connectivity index (χ2v) is 6.71. The maximum Gasteiger partial charge on any atom is 0.261 e. The first-order chi connectivity index (χ1) is 12.2. The minimum absolute atomic E-state index is 0.0125. The van der Waals surface area contributed by atoms with Crippen molar-refractivity contribution in [3.8, 4) is 0 Å². The van der Waals surface area contributed by atoms with E-state index in [-0.39, 0.29) is 11.5 Å². The van der Waals surface area contributed by atoms with Crippen LogP contribution < -0.4 is 10.9 Å². The molecule has 0 aliphatic heterocycles. The zero-order chi connectivity index (χ0) is 17.6. The van der Waals surface area contributed by atoms with Gasteiger partial charge in [-0.1, -0.05) is 37.3 Å². The third-order valence-electron chi connectivity index (χ3n) is 4.06. The molecule has 25 heavy (non-hydrogen) atoms. The predicted molar refractivity (Wildman–Crippen MR) is 101 cm³/mol. The smallest absolute Gasteiger partial charge is 0.261 e. The number of hydrogen-bond acceptors (Lipinski definition) is 3. The molecule has 0 spiro atoms. The van der Waals surface area contributed by atoms with Gasteiger partial charge in [0.15, 0.2) is 0 Å². The second-order valence-electron chi connectivity index (χ2n) is 5.79. The van der Waals surface area contributed by atoms with Crippen molar-refractivity contribution in [3.63, 3.8) is 0 Å². The summed E-state index contributed by atoms with van der Waals surface area (Å²) in [5, 5.41) is 4.92. The molecule has 3 aromatic rings. The predicted octanol–water partition coefficient (Wildman–Crippen LogP) is 3.45. The minimum Gasteiger partial charge on any atom is -0.347 e. The molecule has 0 bridgehead atoms. The highest BCUT2D eigenvalue weighted by Gasteiger charge is 2.11. The van der Waals surface area contributed by atoms with Gasteiger partial charge in [0.2, 0.25) is 0 Å². The van der Waals surface area contributed by atoms with Gasteiger partial charge in [0, 0.05) is 18.8 Å². The summed E-state index contributed by atoms with van der Waals surface area (Å²) in [5.74, 6) is -0.0215. The molecule has 0 aliphatic carbocycles. The van der Waals surface area contributed by atoms with E-state index in [1.165, 1.54) is 11.3 Å². The van der Waals surface area contributed by atoms with E-state index in [1.54, 1.807) is 22.9 Å². The fourth-order valence-electron chi connectivity index (χ4n) is 2.63. The van der Waals surface area contributed by atoms with E-state index in [0.717, 1.165) is 28.0 Å². The number of pyridine rings is 1. The lowest BCUT2D eigenvalue weighted by Gasteiger charge is -2.08. The van der Waals surface area contributed by atoms with Crippen LogP contribution in [0.4, 0.5) is 0 Å². The van der Waals surface area contributed by atoms with Crippen LogP contribution in [-0.2, 0) is 19.5 Å². The van der Waals surface area contributed by atoms with Gasteiger partial charge < -0.3 is 9.88 Å². The third kappa shape index (κ3) is 4.25. The van der Waals surface area contributed by atoms with E-state index < -0.39 is 0 Å². The number of carbonyl (C=O) groups excluding carboxylic acids is 1. The maximum absolute atomic E-state index is 12.3. The van der Waals surface area contributed by atoms with Gasteiger partial charge in [-0.3, -0.25) is 9.59 Å². The molecular weight excluding hydrogens is 332 g/mol. The van der Waals surface area contributed by atoms with E-state index >= 15 is 0 Å². The fraction of sp³-hybridized carbons (Fsp3) is 0.200. The van der Waals surface area contributed by atoms with Gasteiger partial charge in [0.25, 0.3) is 11.5 Å². The summed E-state index contributed by atoms with van der Waals surface area (Å²) in [6, 6.07) is 15.1. The molecule has 0 fully saturated rings. The van der Waals surface area contributed by atoms with E-state index in [9.17, 15) is 9.59 Å². The molecule has 0 atom stereocenters. The molecule has 3 rings (SSSR count). The second kappa shape index (κ2) is 7.94. The first-order valence-electron chi connectivity index (χ1n) is 8.25. The number of aryl methyl sites for hydroxylation is 1. The molecule has 1 aromatic carbocycles. The normalized spacial score (nSPS) is 10.6. The van der Waals surface area contributed by atoms with Crippen molar-refractivity contribution >= 4 is 17.2 Å². The molecule has 1 N–H and O–H groups in total. The summed E-state index contributed by atoms with van der Waals surface area (Å²) >= 11 is 1.48. The van der Waals surface area contributed by atoms with Crippen LogP contribution >= 0.6 is 11.3 Å². The fourth-order valence-corrected chi connectivity index (χ4v) is 3.54. The Balaban J connectivity index is 1.60. The molecule has 4 nitrogen and oxygen atoms in total. The monoisotopic (exact) mass is 352 g/mol. The SMILES string of the molecule is CCc1ccsc1C(=O)NCc1ccc(Cn2ccccc2=O)cc1. The number of thiophene rings is 1. The van der Waals surface area contributed by atoms with Crippen LogP contribution in [0.3, 0.4) is 0 Å². The number of aromatic nitrogens is 1. The Bertz CT molecular complexity index is 910. The van der Waals surface area contributed by atoms with Crippen molar-refractivity contribution in [3.05, 3.63) is 92.0 Å². The quantitative estimate of drug-likeness (QED) is 0.739. The van der Waals surface area contributed by atoms with Crippen molar-refractivity contribution in [2.24, 2.45) is 0 Å². The maximum atomic E-state index is 12.3. The van der Waals surface area contributed by atoms with Crippen molar-refractivity contribution < 1.29 is 4.79 Å². The van der Waals surface area contributed by atoms with Crippen LogP contribution in [0.1, 0.15) is 33.3 Å². The molecule has 0 unspecified atom stereocenters. The molecule has 0 aliphatic rings. The van der Waals surface area contributed by atoms with Crippen LogP contribution in [0.2, 0.25) is 0 Å². The molecule has 0 saturated carbocycles. The van der Waals surface area contributed by atoms with E-state index in [2.05, 4.69) is 12.2 Å². The third-order valence-corrected chi connectivity index (χ3v) is 5.02. The van der Waals surface area contributed by atoms with Crippen LogP contribution in [0, 0.1) is 0 Å². The summed E-state index contributed by atoms with van der Waals surface area (Å²) in [5.41, 5.74) is 3.16. The molecule has 1 amide bonds. The van der Waals surface area contributed by atoms with Crippen molar-refractivity contribution in [2.75, 3.05) is 0 Å². The topological polar surface area (TPSA) is 51.1 Å². The number of amides is 1. The number of carbonyl (C=O) groups is 1. The Hall–Kier alpha value is -2.66. The summed E-state index contributed by atoms with van der Waals surface area (Å²) in [6.45, 7) is 3.09. The average molecular weight is 352 g/mol. The molecule has 0 saturated heterocycles. The van der Waals surface area contributed by atoms with Crippen molar-refractivity contribution in [1.82, 2.24) is 9.88 Å². The van der Waals surface area contributed by atoms with Gasteiger partial charge in [-0.05, 0) is 40.6 Å². The number of nitrogens with one attached hydrogen (secondary N) is 1. The van der Waals surface area contributed by atoms with Crippen molar-refractivity contribution in [1.29, 1.82) is 0 Å². The first kappa shape index (κ1) is 17.2. The Morgan fingerprint density at radius 1 is 1.08 bits per heavy atom. The van der Waals surface area contributed by atoms with Gasteiger partial charge in [-0.25, -0.2) is 0 Å². The zero-order valence-corrected chi connectivity index (χ0v) is 14.9. The van der Waals surface area contributed by atoms with Crippen LogP contribution in [0.15, 0.2) is 64.9 Å². The molecular formula is C20H20N2O2S. The Labute approximate surface area is 150 Å². The molecule has 2 aromatic heterocycles. The number of hydrogen-bond donors (Lipinski definition) is 1. The average Bonchev–Trinajstić information content (AvgIpc) is 3.12. The highest BCUT2D eigenvalue weighted by molar-refractivity contribution is 7.12. The zero-order valence-electron chi connectivity index (χ0n) is 14.1. The van der Waals surface area contributed by atoms with Gasteiger partial charge in [-0.15, -0.1) is 11.3 Å². The van der Waals surface area contributed by atoms with E-state index in [1.807, 2.05) is 41.8 Å². The largest absolute Gasteiger partial charge is 0.347 e. The molecule has 2 heterocycles. The lowest BCUT2D eigenvalue weighted by molar-refractivity contribution is 0.0954. The highest BCUT2D eigenvalue weighted by atomic mass is 32.1. The van der Waals surface area contributed by atoms with Crippen LogP contribution in [0.5, 0.6) is 0 Å². The summed E-state index contributed by atoms with van der Waals surface area (Å²) < 4.78 is 1.67. The molecule has 0 radical (unpaired) electrons. The molecule has 5 heteroatoms. The van der Waals surface area contributed by atoms with Gasteiger partial charge >= 0.3 is 0 Å². The lowest BCUT2D eigenvalue weighted by Crippen LogP contribution is -2.22. The van der Waals surface area contributed by atoms with Gasteiger partial charge in [0.1, 0.15) is 0 Å². The standard InChI is InChI=1S/C20H20N2O2S/c1-2-17-10-12-25-19(17)20(24)21-13-15-6-8-16(9-7-15)14-22-11-4-3-5-18(22)23/h3-12H,2,13-14H2,1H3,(H,21,24). The summed E-state index contributed by atoms with van der Waals surface area (Å²) in [6.07, 6.45) is 2.64. The Morgan fingerprint density at radius 3 is 2.56 bits per heavy atom. The lowest BCUT2D eigenvalue weighted by atomic mass is 10.1. The summed E-state index contributed by atoms with van der Waals surface area (Å²) in [4.78, 5) is 24.8. The first-order valence-corrected chi connectivity index (χ1v) is 9.13. The molecule has 128 valence electrons. The minimum atomic E-state index is -0.0215. The number of nitrogens with zero attached hydrogens (tertiary/aromatic N) is 1. The Kier molecular flexibility index (Phi) is 5.46. The van der Waals surface area contributed by atoms with Crippen LogP contribution in [-0.4, -0.2) is 10.5 Å². The van der Waals surface area contributed by atoms with Crippen LogP contribution in [0.25, 0.3) is 0 Å². The van der Waals surface area contributed by atoms with E-state index in [4.69, 9.17) is 0 Å².